The number of hydrogen-bond acceptors (Lipinski definition) is 2. The van der Waals surface area contributed by atoms with Crippen molar-refractivity contribution < 1.29 is 0 Å². The van der Waals surface area contributed by atoms with Crippen LogP contribution in [0.25, 0.3) is 10.9 Å². The highest BCUT2D eigenvalue weighted by molar-refractivity contribution is 5.92. The molecule has 4 rings (SSSR count). The van der Waals surface area contributed by atoms with Gasteiger partial charge in [-0.3, -0.25) is 4.98 Å². The van der Waals surface area contributed by atoms with Crippen molar-refractivity contribution >= 4 is 16.6 Å². The van der Waals surface area contributed by atoms with E-state index in [9.17, 15) is 0 Å². The highest BCUT2D eigenvalue weighted by Gasteiger charge is 2.21. The molecule has 1 aliphatic heterocycles. The molecule has 1 aliphatic carbocycles. The third-order valence-corrected chi connectivity index (χ3v) is 5.25. The molecule has 0 unspecified atom stereocenters. The second-order valence-electron chi connectivity index (χ2n) is 6.79. The summed E-state index contributed by atoms with van der Waals surface area (Å²) in [4.78, 5) is 7.49. The Balaban J connectivity index is 1.78. The molecule has 2 aromatic rings. The van der Waals surface area contributed by atoms with E-state index in [0.29, 0.717) is 5.92 Å². The smallest absolute Gasteiger partial charge is 0.0726 e. The molecule has 1 saturated carbocycles. The van der Waals surface area contributed by atoms with Crippen molar-refractivity contribution in [3.05, 3.63) is 42.6 Å². The maximum absolute atomic E-state index is 5.01. The zero-order valence-electron chi connectivity index (χ0n) is 13.3. The van der Waals surface area contributed by atoms with Crippen LogP contribution in [0.2, 0.25) is 0 Å². The SMILES string of the molecule is [CH]1CCCCN1c1cc(C2CCCCC2)nc2ccccc12. The number of anilines is 1. The van der Waals surface area contributed by atoms with Gasteiger partial charge in [0.25, 0.3) is 0 Å². The molecule has 0 amide bonds. The van der Waals surface area contributed by atoms with E-state index in [1.165, 1.54) is 73.7 Å². The van der Waals surface area contributed by atoms with Gasteiger partial charge in [0.2, 0.25) is 0 Å². The van der Waals surface area contributed by atoms with Crippen molar-refractivity contribution in [1.29, 1.82) is 0 Å². The van der Waals surface area contributed by atoms with Gasteiger partial charge in [0.1, 0.15) is 0 Å². The monoisotopic (exact) mass is 293 g/mol. The Morgan fingerprint density at radius 2 is 1.82 bits per heavy atom. The van der Waals surface area contributed by atoms with E-state index < -0.39 is 0 Å². The topological polar surface area (TPSA) is 16.1 Å². The zero-order valence-corrected chi connectivity index (χ0v) is 13.3. The molecule has 1 radical (unpaired) electrons. The van der Waals surface area contributed by atoms with Gasteiger partial charge in [-0.15, -0.1) is 0 Å². The molecule has 0 atom stereocenters. The lowest BCUT2D eigenvalue weighted by Crippen LogP contribution is -2.25. The Morgan fingerprint density at radius 1 is 0.955 bits per heavy atom. The Kier molecular flexibility index (Phi) is 4.01. The number of fused-ring (bicyclic) bond motifs is 1. The average Bonchev–Trinajstić information content (AvgIpc) is 2.62. The molecule has 0 bridgehead atoms. The molecular weight excluding hydrogens is 268 g/mol. The Labute approximate surface area is 133 Å². The van der Waals surface area contributed by atoms with Gasteiger partial charge in [-0.2, -0.15) is 0 Å². The summed E-state index contributed by atoms with van der Waals surface area (Å²) in [5.74, 6) is 0.668. The van der Waals surface area contributed by atoms with Crippen LogP contribution in [0, 0.1) is 6.54 Å². The fourth-order valence-electron chi connectivity index (χ4n) is 4.01. The van der Waals surface area contributed by atoms with Crippen molar-refractivity contribution in [3.8, 4) is 0 Å². The van der Waals surface area contributed by atoms with Crippen molar-refractivity contribution in [2.24, 2.45) is 0 Å². The number of aromatic nitrogens is 1. The summed E-state index contributed by atoms with van der Waals surface area (Å²) in [7, 11) is 0. The number of pyridine rings is 1. The molecule has 1 saturated heterocycles. The molecule has 22 heavy (non-hydrogen) atoms. The van der Waals surface area contributed by atoms with E-state index in [1.54, 1.807) is 0 Å². The second kappa shape index (κ2) is 6.28. The first-order valence-electron chi connectivity index (χ1n) is 8.91. The predicted octanol–water partition coefficient (Wildman–Crippen LogP) is 5.43. The third kappa shape index (κ3) is 2.71. The Bertz CT molecular complexity index is 637. The summed E-state index contributed by atoms with van der Waals surface area (Å²) in [6.07, 6.45) is 10.6. The highest BCUT2D eigenvalue weighted by Crippen LogP contribution is 2.37. The van der Waals surface area contributed by atoms with Gasteiger partial charge in [0, 0.05) is 35.8 Å². The molecule has 2 fully saturated rings. The van der Waals surface area contributed by atoms with Crippen LogP contribution in [0.3, 0.4) is 0 Å². The van der Waals surface area contributed by atoms with Crippen LogP contribution in [0.4, 0.5) is 5.69 Å². The van der Waals surface area contributed by atoms with Crippen molar-refractivity contribution in [3.63, 3.8) is 0 Å². The zero-order chi connectivity index (χ0) is 14.8. The van der Waals surface area contributed by atoms with Crippen LogP contribution >= 0.6 is 0 Å². The van der Waals surface area contributed by atoms with Gasteiger partial charge >= 0.3 is 0 Å². The number of benzene rings is 1. The fourth-order valence-corrected chi connectivity index (χ4v) is 4.01. The van der Waals surface area contributed by atoms with Crippen LogP contribution in [0.15, 0.2) is 30.3 Å². The largest absolute Gasteiger partial charge is 0.366 e. The Hall–Kier alpha value is -1.57. The van der Waals surface area contributed by atoms with Gasteiger partial charge < -0.3 is 4.90 Å². The first-order chi connectivity index (χ1) is 10.9. The molecule has 2 nitrogen and oxygen atoms in total. The quantitative estimate of drug-likeness (QED) is 0.733. The van der Waals surface area contributed by atoms with E-state index in [1.807, 2.05) is 0 Å². The van der Waals surface area contributed by atoms with E-state index in [-0.39, 0.29) is 0 Å². The number of piperidine rings is 1. The summed E-state index contributed by atoms with van der Waals surface area (Å²) >= 11 is 0. The van der Waals surface area contributed by atoms with Gasteiger partial charge in [-0.1, -0.05) is 37.5 Å². The summed E-state index contributed by atoms with van der Waals surface area (Å²) in [6.45, 7) is 3.54. The maximum Gasteiger partial charge on any atom is 0.0726 e. The standard InChI is InChI=1S/C20H25N2/c1-3-9-16(10-4-1)19-15-20(22-13-7-2-8-14-22)17-11-5-6-12-18(17)21-19/h5-6,11-13,15-16H,1-4,7-10,14H2. The summed E-state index contributed by atoms with van der Waals surface area (Å²) in [5.41, 5.74) is 3.87. The number of para-hydroxylation sites is 1. The van der Waals surface area contributed by atoms with Crippen molar-refractivity contribution in [2.75, 3.05) is 11.4 Å². The number of hydrogen-bond donors (Lipinski definition) is 0. The molecule has 0 spiro atoms. The van der Waals surface area contributed by atoms with Gasteiger partial charge in [-0.05, 0) is 44.2 Å². The van der Waals surface area contributed by atoms with Crippen molar-refractivity contribution in [1.82, 2.24) is 4.98 Å². The summed E-state index contributed by atoms with van der Waals surface area (Å²) in [5, 5.41) is 1.31. The first kappa shape index (κ1) is 14.0. The molecule has 1 aromatic heterocycles. The molecule has 1 aromatic carbocycles. The molecule has 0 N–H and O–H groups in total. The molecular formula is C20H25N2. The van der Waals surface area contributed by atoms with Crippen LogP contribution < -0.4 is 4.90 Å². The highest BCUT2D eigenvalue weighted by atomic mass is 15.1. The molecule has 115 valence electrons. The van der Waals surface area contributed by atoms with Crippen LogP contribution in [0.5, 0.6) is 0 Å². The minimum absolute atomic E-state index is 0.668. The third-order valence-electron chi connectivity index (χ3n) is 5.25. The Morgan fingerprint density at radius 3 is 2.64 bits per heavy atom. The second-order valence-corrected chi connectivity index (χ2v) is 6.79. The summed E-state index contributed by atoms with van der Waals surface area (Å²) in [6, 6.07) is 11.0. The van der Waals surface area contributed by atoms with E-state index in [2.05, 4.69) is 41.8 Å². The minimum atomic E-state index is 0.668. The van der Waals surface area contributed by atoms with Crippen LogP contribution in [-0.4, -0.2) is 11.5 Å². The van der Waals surface area contributed by atoms with Crippen LogP contribution in [0.1, 0.15) is 63.0 Å². The lowest BCUT2D eigenvalue weighted by Gasteiger charge is -2.30. The number of rotatable bonds is 2. The maximum atomic E-state index is 5.01. The summed E-state index contributed by atoms with van der Waals surface area (Å²) < 4.78 is 0. The first-order valence-corrected chi connectivity index (χ1v) is 8.91. The molecule has 2 heterocycles. The van der Waals surface area contributed by atoms with Crippen molar-refractivity contribution in [2.45, 2.75) is 57.3 Å². The minimum Gasteiger partial charge on any atom is -0.366 e. The average molecular weight is 293 g/mol. The lowest BCUT2D eigenvalue weighted by atomic mass is 9.86. The van der Waals surface area contributed by atoms with Crippen LogP contribution in [-0.2, 0) is 0 Å². The van der Waals surface area contributed by atoms with Gasteiger partial charge in [0.15, 0.2) is 0 Å². The van der Waals surface area contributed by atoms with Gasteiger partial charge in [0.05, 0.1) is 5.52 Å². The molecule has 2 aliphatic rings. The van der Waals surface area contributed by atoms with E-state index in [4.69, 9.17) is 4.98 Å². The normalized spacial score (nSPS) is 20.5. The van der Waals surface area contributed by atoms with Gasteiger partial charge in [-0.25, -0.2) is 0 Å². The van der Waals surface area contributed by atoms with E-state index in [0.717, 1.165) is 6.54 Å². The predicted molar refractivity (Wildman–Crippen MR) is 93.1 cm³/mol. The van der Waals surface area contributed by atoms with E-state index >= 15 is 0 Å². The number of nitrogens with zero attached hydrogens (tertiary/aromatic N) is 2. The lowest BCUT2D eigenvalue weighted by molar-refractivity contribution is 0.437. The molecule has 2 heteroatoms. The fraction of sp³-hybridized carbons (Fsp3) is 0.500.